The summed E-state index contributed by atoms with van der Waals surface area (Å²) in [5, 5.41) is 2.95. The quantitative estimate of drug-likeness (QED) is 0.664. The van der Waals surface area contributed by atoms with E-state index in [1.807, 2.05) is 27.7 Å². The molecule has 7 nitrogen and oxygen atoms in total. The SMILES string of the molecule is CC[C@@H](C)NC(=O)[C@@H]1CCCN1C(=O)c1cccc(NS(=O)(=O)c2ccc(C)c(C)c2)c1. The number of hydrogen-bond donors (Lipinski definition) is 2. The molecular formula is C24H31N3O4S. The Kier molecular flexibility index (Phi) is 7.23. The van der Waals surface area contributed by atoms with E-state index < -0.39 is 16.1 Å². The molecular weight excluding hydrogens is 426 g/mol. The van der Waals surface area contributed by atoms with Crippen LogP contribution in [0, 0.1) is 13.8 Å². The Hall–Kier alpha value is -2.87. The van der Waals surface area contributed by atoms with Crippen molar-refractivity contribution in [2.75, 3.05) is 11.3 Å². The van der Waals surface area contributed by atoms with E-state index in [9.17, 15) is 18.0 Å². The third-order valence-electron chi connectivity index (χ3n) is 5.97. The molecule has 1 heterocycles. The number of carbonyl (C=O) groups excluding carboxylic acids is 2. The minimum absolute atomic E-state index is 0.0446. The molecule has 1 aliphatic heterocycles. The molecule has 0 unspecified atom stereocenters. The number of rotatable bonds is 7. The van der Waals surface area contributed by atoms with Crippen LogP contribution in [0.5, 0.6) is 0 Å². The molecule has 0 aliphatic carbocycles. The first-order valence-corrected chi connectivity index (χ1v) is 12.4. The summed E-state index contributed by atoms with van der Waals surface area (Å²) in [5.74, 6) is -0.421. The fraction of sp³-hybridized carbons (Fsp3) is 0.417. The van der Waals surface area contributed by atoms with Gasteiger partial charge in [0, 0.05) is 23.8 Å². The maximum atomic E-state index is 13.2. The van der Waals surface area contributed by atoms with Gasteiger partial charge < -0.3 is 10.2 Å². The summed E-state index contributed by atoms with van der Waals surface area (Å²) in [6, 6.07) is 10.9. The molecule has 8 heteroatoms. The number of benzene rings is 2. The first-order chi connectivity index (χ1) is 15.1. The Morgan fingerprint density at radius 1 is 1.12 bits per heavy atom. The average molecular weight is 458 g/mol. The monoisotopic (exact) mass is 457 g/mol. The Labute approximate surface area is 190 Å². The summed E-state index contributed by atoms with van der Waals surface area (Å²) in [5.41, 5.74) is 2.53. The Balaban J connectivity index is 1.78. The molecule has 1 aliphatic rings. The van der Waals surface area contributed by atoms with Gasteiger partial charge in [-0.1, -0.05) is 19.1 Å². The van der Waals surface area contributed by atoms with Crippen molar-refractivity contribution >= 4 is 27.5 Å². The van der Waals surface area contributed by atoms with Crippen molar-refractivity contribution in [1.82, 2.24) is 10.2 Å². The van der Waals surface area contributed by atoms with Gasteiger partial charge in [0.15, 0.2) is 0 Å². The number of sulfonamides is 1. The molecule has 0 spiro atoms. The molecule has 0 saturated carbocycles. The third-order valence-corrected chi connectivity index (χ3v) is 7.35. The summed E-state index contributed by atoms with van der Waals surface area (Å²) in [6.07, 6.45) is 2.19. The lowest BCUT2D eigenvalue weighted by atomic mass is 10.1. The number of anilines is 1. The molecule has 2 atom stereocenters. The highest BCUT2D eigenvalue weighted by molar-refractivity contribution is 7.92. The number of likely N-dealkylation sites (tertiary alicyclic amines) is 1. The van der Waals surface area contributed by atoms with Gasteiger partial charge in [0.25, 0.3) is 15.9 Å². The minimum atomic E-state index is -3.79. The van der Waals surface area contributed by atoms with Crippen molar-refractivity contribution in [3.63, 3.8) is 0 Å². The highest BCUT2D eigenvalue weighted by atomic mass is 32.2. The van der Waals surface area contributed by atoms with Crippen molar-refractivity contribution in [3.05, 3.63) is 59.2 Å². The van der Waals surface area contributed by atoms with Crippen LogP contribution in [0.25, 0.3) is 0 Å². The zero-order valence-corrected chi connectivity index (χ0v) is 19.8. The second-order valence-electron chi connectivity index (χ2n) is 8.41. The van der Waals surface area contributed by atoms with Crippen LogP contribution in [0.4, 0.5) is 5.69 Å². The largest absolute Gasteiger partial charge is 0.352 e. The van der Waals surface area contributed by atoms with E-state index in [1.54, 1.807) is 41.3 Å². The van der Waals surface area contributed by atoms with E-state index in [0.717, 1.165) is 24.0 Å². The average Bonchev–Trinajstić information content (AvgIpc) is 3.25. The van der Waals surface area contributed by atoms with Gasteiger partial charge >= 0.3 is 0 Å². The number of amides is 2. The minimum Gasteiger partial charge on any atom is -0.352 e. The lowest BCUT2D eigenvalue weighted by Crippen LogP contribution is -2.48. The van der Waals surface area contributed by atoms with Gasteiger partial charge in [0.05, 0.1) is 4.90 Å². The zero-order chi connectivity index (χ0) is 23.5. The lowest BCUT2D eigenvalue weighted by molar-refractivity contribution is -0.125. The lowest BCUT2D eigenvalue weighted by Gasteiger charge is -2.25. The van der Waals surface area contributed by atoms with Crippen LogP contribution in [0.3, 0.4) is 0 Å². The number of aryl methyl sites for hydroxylation is 2. The summed E-state index contributed by atoms with van der Waals surface area (Å²) in [7, 11) is -3.79. The van der Waals surface area contributed by atoms with Gasteiger partial charge in [0.1, 0.15) is 6.04 Å². The van der Waals surface area contributed by atoms with Crippen molar-refractivity contribution in [1.29, 1.82) is 0 Å². The van der Waals surface area contributed by atoms with Crippen LogP contribution in [0.15, 0.2) is 47.4 Å². The van der Waals surface area contributed by atoms with E-state index in [0.29, 0.717) is 24.2 Å². The summed E-state index contributed by atoms with van der Waals surface area (Å²) >= 11 is 0. The standard InChI is InChI=1S/C24H31N3O4S/c1-5-18(4)25-23(28)22-10-7-13-27(22)24(29)19-8-6-9-20(15-19)26-32(30,31)21-12-11-16(2)17(3)14-21/h6,8-9,11-12,14-15,18,22,26H,5,7,10,13H2,1-4H3,(H,25,28)/t18-,22+/m1/s1. The summed E-state index contributed by atoms with van der Waals surface area (Å²) < 4.78 is 28.2. The molecule has 2 aromatic carbocycles. The second-order valence-corrected chi connectivity index (χ2v) is 10.1. The van der Waals surface area contributed by atoms with Crippen molar-refractivity contribution in [2.45, 2.75) is 63.9 Å². The van der Waals surface area contributed by atoms with Crippen LogP contribution in [-0.4, -0.2) is 43.8 Å². The van der Waals surface area contributed by atoms with Gasteiger partial charge in [-0.25, -0.2) is 8.42 Å². The third kappa shape index (κ3) is 5.30. The number of carbonyl (C=O) groups is 2. The second kappa shape index (κ2) is 9.73. The van der Waals surface area contributed by atoms with Gasteiger partial charge in [0.2, 0.25) is 5.91 Å². The fourth-order valence-electron chi connectivity index (χ4n) is 3.70. The maximum Gasteiger partial charge on any atom is 0.261 e. The molecule has 0 radical (unpaired) electrons. The van der Waals surface area contributed by atoms with E-state index >= 15 is 0 Å². The first kappa shape index (κ1) is 23.8. The van der Waals surface area contributed by atoms with E-state index in [-0.39, 0.29) is 22.8 Å². The van der Waals surface area contributed by atoms with Crippen LogP contribution in [0.2, 0.25) is 0 Å². The van der Waals surface area contributed by atoms with Crippen LogP contribution in [-0.2, 0) is 14.8 Å². The smallest absolute Gasteiger partial charge is 0.261 e. The topological polar surface area (TPSA) is 95.6 Å². The molecule has 1 fully saturated rings. The first-order valence-electron chi connectivity index (χ1n) is 10.9. The molecule has 2 aromatic rings. The van der Waals surface area contributed by atoms with Crippen molar-refractivity contribution in [3.8, 4) is 0 Å². The van der Waals surface area contributed by atoms with Crippen LogP contribution in [0.1, 0.15) is 54.6 Å². The Morgan fingerprint density at radius 3 is 2.56 bits per heavy atom. The highest BCUT2D eigenvalue weighted by Gasteiger charge is 2.35. The summed E-state index contributed by atoms with van der Waals surface area (Å²) in [6.45, 7) is 8.20. The fourth-order valence-corrected chi connectivity index (χ4v) is 4.83. The van der Waals surface area contributed by atoms with Crippen molar-refractivity contribution < 1.29 is 18.0 Å². The molecule has 2 amide bonds. The molecule has 1 saturated heterocycles. The molecule has 0 aromatic heterocycles. The zero-order valence-electron chi connectivity index (χ0n) is 19.0. The van der Waals surface area contributed by atoms with Gasteiger partial charge in [-0.15, -0.1) is 0 Å². The predicted molar refractivity (Wildman–Crippen MR) is 125 cm³/mol. The highest BCUT2D eigenvalue weighted by Crippen LogP contribution is 2.24. The van der Waals surface area contributed by atoms with Gasteiger partial charge in [-0.3, -0.25) is 14.3 Å². The normalized spacial score (nSPS) is 17.1. The number of hydrogen-bond acceptors (Lipinski definition) is 4. The Morgan fingerprint density at radius 2 is 1.88 bits per heavy atom. The number of nitrogens with zero attached hydrogens (tertiary/aromatic N) is 1. The van der Waals surface area contributed by atoms with Crippen LogP contribution < -0.4 is 10.0 Å². The number of nitrogens with one attached hydrogen (secondary N) is 2. The molecule has 2 N–H and O–H groups in total. The van der Waals surface area contributed by atoms with E-state index in [1.165, 1.54) is 6.07 Å². The van der Waals surface area contributed by atoms with Gasteiger partial charge in [-0.05, 0) is 81.5 Å². The van der Waals surface area contributed by atoms with Crippen LogP contribution >= 0.6 is 0 Å². The summed E-state index contributed by atoms with van der Waals surface area (Å²) in [4.78, 5) is 27.5. The van der Waals surface area contributed by atoms with E-state index in [4.69, 9.17) is 0 Å². The molecule has 172 valence electrons. The maximum absolute atomic E-state index is 13.2. The molecule has 0 bridgehead atoms. The van der Waals surface area contributed by atoms with Crippen molar-refractivity contribution in [2.24, 2.45) is 0 Å². The van der Waals surface area contributed by atoms with Gasteiger partial charge in [-0.2, -0.15) is 0 Å². The predicted octanol–water partition coefficient (Wildman–Crippen LogP) is 3.62. The molecule has 3 rings (SSSR count). The Bertz CT molecular complexity index is 1110. The molecule has 32 heavy (non-hydrogen) atoms. The van der Waals surface area contributed by atoms with E-state index in [2.05, 4.69) is 10.0 Å².